The van der Waals surface area contributed by atoms with Gasteiger partial charge in [0.2, 0.25) is 0 Å². The third kappa shape index (κ3) is 3.60. The van der Waals surface area contributed by atoms with Gasteiger partial charge >= 0.3 is 0 Å². The van der Waals surface area contributed by atoms with E-state index >= 15 is 0 Å². The summed E-state index contributed by atoms with van der Waals surface area (Å²) in [4.78, 5) is 0. The molecule has 2 aromatic heterocycles. The van der Waals surface area contributed by atoms with Gasteiger partial charge in [0, 0.05) is 27.1 Å². The SMILES string of the molecule is N#Cc1cc(-c2ccc3oc4ccc(C#N)cc4c3c2)cc(-c2ccccc2-n2c3ccccc3c3ccccc32)c1. The molecule has 0 amide bonds. The molecule has 42 heavy (non-hydrogen) atoms. The fraction of sp³-hybridized carbons (Fsp3) is 0. The van der Waals surface area contributed by atoms with Crippen molar-refractivity contribution in [2.75, 3.05) is 0 Å². The molecule has 0 aliphatic carbocycles. The summed E-state index contributed by atoms with van der Waals surface area (Å²) in [5.41, 5.74) is 9.92. The molecule has 4 nitrogen and oxygen atoms in total. The van der Waals surface area contributed by atoms with Crippen LogP contribution in [0.2, 0.25) is 0 Å². The van der Waals surface area contributed by atoms with Crippen LogP contribution in [-0.4, -0.2) is 4.57 Å². The number of hydrogen-bond acceptors (Lipinski definition) is 3. The minimum atomic E-state index is 0.587. The van der Waals surface area contributed by atoms with Gasteiger partial charge in [-0.3, -0.25) is 0 Å². The largest absolute Gasteiger partial charge is 0.456 e. The molecule has 8 rings (SSSR count). The van der Waals surface area contributed by atoms with Gasteiger partial charge in [0.1, 0.15) is 11.2 Å². The number of rotatable bonds is 3. The predicted molar refractivity (Wildman–Crippen MR) is 168 cm³/mol. The maximum atomic E-state index is 10.1. The Bertz CT molecular complexity index is 2390. The Morgan fingerprint density at radius 2 is 1.10 bits per heavy atom. The summed E-state index contributed by atoms with van der Waals surface area (Å²) in [6.07, 6.45) is 0. The van der Waals surface area contributed by atoms with Crippen LogP contribution < -0.4 is 0 Å². The monoisotopic (exact) mass is 535 g/mol. The lowest BCUT2D eigenvalue weighted by Gasteiger charge is -2.15. The molecule has 0 saturated carbocycles. The maximum Gasteiger partial charge on any atom is 0.135 e. The summed E-state index contributed by atoms with van der Waals surface area (Å²) in [6.45, 7) is 0. The molecule has 8 aromatic rings. The molecule has 0 aliphatic rings. The number of aromatic nitrogens is 1. The Balaban J connectivity index is 1.35. The van der Waals surface area contributed by atoms with E-state index in [1.54, 1.807) is 6.07 Å². The van der Waals surface area contributed by atoms with Crippen molar-refractivity contribution < 1.29 is 4.42 Å². The highest BCUT2D eigenvalue weighted by molar-refractivity contribution is 6.10. The minimum Gasteiger partial charge on any atom is -0.456 e. The summed E-state index contributed by atoms with van der Waals surface area (Å²) in [5.74, 6) is 0. The Hall–Kier alpha value is -6.10. The molecular weight excluding hydrogens is 514 g/mol. The summed E-state index contributed by atoms with van der Waals surface area (Å²) in [6, 6.07) is 47.5. The smallest absolute Gasteiger partial charge is 0.135 e. The minimum absolute atomic E-state index is 0.587. The molecule has 0 N–H and O–H groups in total. The number of benzene rings is 6. The first kappa shape index (κ1) is 23.8. The lowest BCUT2D eigenvalue weighted by Crippen LogP contribution is -1.97. The highest BCUT2D eigenvalue weighted by Gasteiger charge is 2.16. The van der Waals surface area contributed by atoms with Crippen molar-refractivity contribution in [1.82, 2.24) is 4.57 Å². The van der Waals surface area contributed by atoms with Crippen LogP contribution >= 0.6 is 0 Å². The van der Waals surface area contributed by atoms with Gasteiger partial charge in [-0.15, -0.1) is 0 Å². The van der Waals surface area contributed by atoms with E-state index in [1.165, 1.54) is 10.8 Å². The predicted octanol–water partition coefficient (Wildman–Crippen LogP) is 9.76. The van der Waals surface area contributed by atoms with E-state index in [4.69, 9.17) is 4.42 Å². The van der Waals surface area contributed by atoms with Crippen LogP contribution in [0.1, 0.15) is 11.1 Å². The zero-order chi connectivity index (χ0) is 28.2. The van der Waals surface area contributed by atoms with Crippen molar-refractivity contribution in [2.24, 2.45) is 0 Å². The summed E-state index contributed by atoms with van der Waals surface area (Å²) < 4.78 is 8.36. The molecule has 0 atom stereocenters. The average Bonchev–Trinajstić information content (AvgIpc) is 3.59. The number of fused-ring (bicyclic) bond motifs is 6. The van der Waals surface area contributed by atoms with Crippen molar-refractivity contribution in [1.29, 1.82) is 10.5 Å². The van der Waals surface area contributed by atoms with Crippen molar-refractivity contribution in [3.05, 3.63) is 139 Å². The molecule has 0 unspecified atom stereocenters. The molecule has 2 heterocycles. The summed E-state index contributed by atoms with van der Waals surface area (Å²) >= 11 is 0. The summed E-state index contributed by atoms with van der Waals surface area (Å²) in [5, 5.41) is 23.7. The Morgan fingerprint density at radius 1 is 0.476 bits per heavy atom. The van der Waals surface area contributed by atoms with Crippen LogP contribution in [-0.2, 0) is 0 Å². The zero-order valence-corrected chi connectivity index (χ0v) is 22.4. The fourth-order valence-electron chi connectivity index (χ4n) is 6.14. The second-order valence-corrected chi connectivity index (χ2v) is 10.4. The van der Waals surface area contributed by atoms with Crippen molar-refractivity contribution in [2.45, 2.75) is 0 Å². The summed E-state index contributed by atoms with van der Waals surface area (Å²) in [7, 11) is 0. The van der Waals surface area contributed by atoms with Crippen molar-refractivity contribution >= 4 is 43.7 Å². The molecular formula is C38H21N3O. The van der Waals surface area contributed by atoms with Crippen molar-refractivity contribution in [3.8, 4) is 40.1 Å². The maximum absolute atomic E-state index is 10.1. The van der Waals surface area contributed by atoms with E-state index < -0.39 is 0 Å². The van der Waals surface area contributed by atoms with Gasteiger partial charge in [-0.2, -0.15) is 10.5 Å². The fourth-order valence-corrected chi connectivity index (χ4v) is 6.14. The molecule has 4 heteroatoms. The van der Waals surface area contributed by atoms with Gasteiger partial charge in [-0.05, 0) is 83.4 Å². The first-order valence-electron chi connectivity index (χ1n) is 13.7. The van der Waals surface area contributed by atoms with E-state index in [9.17, 15) is 10.5 Å². The number of nitriles is 2. The molecule has 0 bridgehead atoms. The molecule has 0 fully saturated rings. The highest BCUT2D eigenvalue weighted by atomic mass is 16.3. The normalized spacial score (nSPS) is 11.3. The average molecular weight is 536 g/mol. The van der Waals surface area contributed by atoms with E-state index in [-0.39, 0.29) is 0 Å². The lowest BCUT2D eigenvalue weighted by molar-refractivity contribution is 0.669. The van der Waals surface area contributed by atoms with Crippen LogP contribution in [0.25, 0.3) is 71.7 Å². The topological polar surface area (TPSA) is 65.7 Å². The number of furan rings is 1. The van der Waals surface area contributed by atoms with Gasteiger partial charge < -0.3 is 8.98 Å². The molecule has 0 radical (unpaired) electrons. The third-order valence-electron chi connectivity index (χ3n) is 8.03. The Morgan fingerprint density at radius 3 is 1.83 bits per heavy atom. The van der Waals surface area contributed by atoms with E-state index in [0.717, 1.165) is 60.9 Å². The first-order chi connectivity index (χ1) is 20.7. The second kappa shape index (κ2) is 9.24. The van der Waals surface area contributed by atoms with Gasteiger partial charge in [0.05, 0.1) is 40.0 Å². The van der Waals surface area contributed by atoms with Crippen LogP contribution in [0.15, 0.2) is 132 Å². The van der Waals surface area contributed by atoms with Gasteiger partial charge in [-0.25, -0.2) is 0 Å². The van der Waals surface area contributed by atoms with Gasteiger partial charge in [-0.1, -0.05) is 60.7 Å². The number of para-hydroxylation sites is 3. The van der Waals surface area contributed by atoms with Crippen LogP contribution in [0.3, 0.4) is 0 Å². The van der Waals surface area contributed by atoms with E-state index in [1.807, 2.05) is 42.5 Å². The number of nitrogens with zero attached hydrogens (tertiary/aromatic N) is 3. The first-order valence-corrected chi connectivity index (χ1v) is 13.7. The quantitative estimate of drug-likeness (QED) is 0.226. The molecule has 6 aromatic carbocycles. The van der Waals surface area contributed by atoms with E-state index in [0.29, 0.717) is 11.1 Å². The zero-order valence-electron chi connectivity index (χ0n) is 22.4. The molecule has 0 spiro atoms. The number of hydrogen-bond donors (Lipinski definition) is 0. The second-order valence-electron chi connectivity index (χ2n) is 10.4. The molecule has 0 aliphatic heterocycles. The standard InChI is InChI=1S/C38H21N3O/c39-22-24-13-15-37-32(19-24)33-21-26(14-16-38(33)42-37)27-17-25(23-40)18-28(20-27)29-7-1-4-10-34(29)41-35-11-5-2-8-30(35)31-9-3-6-12-36(31)41/h1-21H. The lowest BCUT2D eigenvalue weighted by atomic mass is 9.94. The van der Waals surface area contributed by atoms with Gasteiger partial charge in [0.25, 0.3) is 0 Å². The van der Waals surface area contributed by atoms with Crippen LogP contribution in [0, 0.1) is 22.7 Å². The highest BCUT2D eigenvalue weighted by Crippen LogP contribution is 2.38. The van der Waals surface area contributed by atoms with E-state index in [2.05, 4.69) is 95.6 Å². The third-order valence-corrected chi connectivity index (χ3v) is 8.03. The Kier molecular flexibility index (Phi) is 5.22. The Labute approximate surface area is 241 Å². The van der Waals surface area contributed by atoms with Crippen LogP contribution in [0.4, 0.5) is 0 Å². The van der Waals surface area contributed by atoms with Crippen LogP contribution in [0.5, 0.6) is 0 Å². The van der Waals surface area contributed by atoms with Gasteiger partial charge in [0.15, 0.2) is 0 Å². The molecule has 194 valence electrons. The molecule has 0 saturated heterocycles. The van der Waals surface area contributed by atoms with Crippen molar-refractivity contribution in [3.63, 3.8) is 0 Å².